The molecule has 0 heterocycles. The lowest BCUT2D eigenvalue weighted by Gasteiger charge is -2.09. The molecule has 0 fully saturated rings. The zero-order valence-electron chi connectivity index (χ0n) is 14.3. The van der Waals surface area contributed by atoms with Gasteiger partial charge in [0.2, 0.25) is 0 Å². The molecule has 1 N–H and O–H groups in total. The van der Waals surface area contributed by atoms with Crippen LogP contribution in [0.15, 0.2) is 23.3 Å². The molecule has 0 aliphatic heterocycles. The molecule has 0 bridgehead atoms. The summed E-state index contributed by atoms with van der Waals surface area (Å²) in [6, 6.07) is 3.42. The summed E-state index contributed by atoms with van der Waals surface area (Å²) in [6.45, 7) is 6.54. The number of nitro groups is 2. The van der Waals surface area contributed by atoms with Gasteiger partial charge in [0, 0.05) is 12.3 Å². The van der Waals surface area contributed by atoms with Crippen LogP contribution in [-0.2, 0) is 0 Å². The van der Waals surface area contributed by atoms with Gasteiger partial charge in [-0.05, 0) is 24.3 Å². The van der Waals surface area contributed by atoms with Crippen LogP contribution in [0.1, 0.15) is 46.5 Å². The quantitative estimate of drug-likeness (QED) is 0.376. The van der Waals surface area contributed by atoms with E-state index in [2.05, 4.69) is 31.3 Å². The van der Waals surface area contributed by atoms with Crippen molar-refractivity contribution in [3.63, 3.8) is 0 Å². The van der Waals surface area contributed by atoms with Crippen LogP contribution in [0.25, 0.3) is 0 Å². The monoisotopic (exact) mass is 336 g/mol. The van der Waals surface area contributed by atoms with E-state index in [9.17, 15) is 20.2 Å². The van der Waals surface area contributed by atoms with Crippen LogP contribution >= 0.6 is 0 Å². The van der Waals surface area contributed by atoms with E-state index < -0.39 is 9.85 Å². The summed E-state index contributed by atoms with van der Waals surface area (Å²) in [5.74, 6) is 1.19. The number of benzene rings is 1. The molecule has 0 spiro atoms. The van der Waals surface area contributed by atoms with Crippen LogP contribution < -0.4 is 5.43 Å². The lowest BCUT2D eigenvalue weighted by Crippen LogP contribution is -2.00. The van der Waals surface area contributed by atoms with Gasteiger partial charge < -0.3 is 0 Å². The third kappa shape index (κ3) is 6.72. The summed E-state index contributed by atoms with van der Waals surface area (Å²) >= 11 is 0. The molecule has 1 rings (SSSR count). The molecule has 1 atom stereocenters. The highest BCUT2D eigenvalue weighted by molar-refractivity contribution is 5.67. The number of nitrogens with one attached hydrogen (secondary N) is 1. The third-order valence-corrected chi connectivity index (χ3v) is 3.65. The van der Waals surface area contributed by atoms with Crippen molar-refractivity contribution in [1.82, 2.24) is 0 Å². The van der Waals surface area contributed by atoms with Gasteiger partial charge in [0.25, 0.3) is 5.69 Å². The third-order valence-electron chi connectivity index (χ3n) is 3.65. The fourth-order valence-electron chi connectivity index (χ4n) is 2.22. The molecule has 0 saturated carbocycles. The zero-order valence-corrected chi connectivity index (χ0v) is 14.3. The highest BCUT2D eigenvalue weighted by atomic mass is 16.6. The van der Waals surface area contributed by atoms with Crippen molar-refractivity contribution in [1.29, 1.82) is 0 Å². The first-order chi connectivity index (χ1) is 11.3. The van der Waals surface area contributed by atoms with Gasteiger partial charge in [-0.2, -0.15) is 5.10 Å². The maximum atomic E-state index is 11.0. The molecule has 8 nitrogen and oxygen atoms in total. The second kappa shape index (κ2) is 9.59. The Labute approximate surface area is 141 Å². The van der Waals surface area contributed by atoms with Crippen LogP contribution in [0.2, 0.25) is 0 Å². The van der Waals surface area contributed by atoms with Crippen molar-refractivity contribution in [2.75, 3.05) is 5.43 Å². The van der Waals surface area contributed by atoms with Crippen molar-refractivity contribution in [3.8, 4) is 0 Å². The highest BCUT2D eigenvalue weighted by Crippen LogP contribution is 2.28. The van der Waals surface area contributed by atoms with Crippen molar-refractivity contribution in [2.45, 2.75) is 46.5 Å². The van der Waals surface area contributed by atoms with Crippen molar-refractivity contribution >= 4 is 23.3 Å². The molecule has 0 radical (unpaired) electrons. The van der Waals surface area contributed by atoms with Crippen LogP contribution in [0, 0.1) is 32.1 Å². The minimum absolute atomic E-state index is 0.134. The molecular weight excluding hydrogens is 312 g/mol. The molecule has 0 amide bonds. The van der Waals surface area contributed by atoms with Gasteiger partial charge in [0.15, 0.2) is 0 Å². The Morgan fingerprint density at radius 3 is 2.46 bits per heavy atom. The molecule has 8 heteroatoms. The number of nitro benzene ring substituents is 2. The highest BCUT2D eigenvalue weighted by Gasteiger charge is 2.19. The lowest BCUT2D eigenvalue weighted by atomic mass is 9.98. The summed E-state index contributed by atoms with van der Waals surface area (Å²) in [5.41, 5.74) is 2.04. The molecule has 0 saturated heterocycles. The molecule has 0 aliphatic carbocycles. The second-order valence-electron chi connectivity index (χ2n) is 6.30. The van der Waals surface area contributed by atoms with Gasteiger partial charge in [0.05, 0.1) is 15.9 Å². The molecule has 1 aromatic rings. The summed E-state index contributed by atoms with van der Waals surface area (Å²) in [6.07, 6.45) is 5.95. The van der Waals surface area contributed by atoms with E-state index in [4.69, 9.17) is 0 Å². The van der Waals surface area contributed by atoms with E-state index in [1.165, 1.54) is 25.0 Å². The standard InChI is InChI=1S/C16H24N4O4/c1-12(2)5-4-6-13(3)9-10-17-18-15-8-7-14(19(21)22)11-16(15)20(23)24/h7-8,10-13,18H,4-6,9H2,1-3H3. The first-order valence-electron chi connectivity index (χ1n) is 8.01. The summed E-state index contributed by atoms with van der Waals surface area (Å²) in [5, 5.41) is 25.7. The number of nitrogens with zero attached hydrogens (tertiary/aromatic N) is 3. The second-order valence-corrected chi connectivity index (χ2v) is 6.30. The van der Waals surface area contributed by atoms with Gasteiger partial charge in [-0.3, -0.25) is 25.7 Å². The molecule has 0 aromatic heterocycles. The van der Waals surface area contributed by atoms with Crippen LogP contribution in [-0.4, -0.2) is 16.1 Å². The SMILES string of the molecule is CC(C)CCCC(C)CC=NNc1ccc([N+](=O)[O-])cc1[N+](=O)[O-]. The van der Waals surface area contributed by atoms with E-state index in [1.54, 1.807) is 6.21 Å². The number of hydrogen-bond acceptors (Lipinski definition) is 6. The Bertz CT molecular complexity index is 602. The average molecular weight is 336 g/mol. The van der Waals surface area contributed by atoms with E-state index in [1.807, 2.05) is 0 Å². The molecule has 0 aliphatic rings. The van der Waals surface area contributed by atoms with Gasteiger partial charge in [-0.25, -0.2) is 0 Å². The number of hydrogen-bond donors (Lipinski definition) is 1. The molecule has 1 aromatic carbocycles. The number of rotatable bonds is 10. The van der Waals surface area contributed by atoms with Crippen molar-refractivity contribution < 1.29 is 9.85 Å². The number of hydrazone groups is 1. The van der Waals surface area contributed by atoms with E-state index in [-0.39, 0.29) is 17.1 Å². The lowest BCUT2D eigenvalue weighted by molar-refractivity contribution is -0.393. The topological polar surface area (TPSA) is 111 Å². The Hall–Kier alpha value is -2.51. The predicted molar refractivity (Wildman–Crippen MR) is 94.3 cm³/mol. The maximum absolute atomic E-state index is 11.0. The minimum atomic E-state index is -0.668. The molecule has 1 unspecified atom stereocenters. The Morgan fingerprint density at radius 1 is 1.17 bits per heavy atom. The van der Waals surface area contributed by atoms with E-state index in [0.29, 0.717) is 11.8 Å². The average Bonchev–Trinajstić information content (AvgIpc) is 2.50. The summed E-state index contributed by atoms with van der Waals surface area (Å²) < 4.78 is 0. The minimum Gasteiger partial charge on any atom is -0.272 e. The van der Waals surface area contributed by atoms with Gasteiger partial charge >= 0.3 is 5.69 Å². The Balaban J connectivity index is 2.57. The molecular formula is C16H24N4O4. The predicted octanol–water partition coefficient (Wildman–Crippen LogP) is 4.75. The fraction of sp³-hybridized carbons (Fsp3) is 0.562. The van der Waals surface area contributed by atoms with Crippen molar-refractivity contribution in [3.05, 3.63) is 38.4 Å². The van der Waals surface area contributed by atoms with E-state index in [0.717, 1.165) is 18.9 Å². The summed E-state index contributed by atoms with van der Waals surface area (Å²) in [7, 11) is 0. The van der Waals surface area contributed by atoms with Crippen molar-refractivity contribution in [2.24, 2.45) is 16.9 Å². The molecule has 132 valence electrons. The maximum Gasteiger partial charge on any atom is 0.301 e. The van der Waals surface area contributed by atoms with Gasteiger partial charge in [0.1, 0.15) is 5.69 Å². The van der Waals surface area contributed by atoms with Crippen LogP contribution in [0.5, 0.6) is 0 Å². The number of anilines is 1. The van der Waals surface area contributed by atoms with Gasteiger partial charge in [-0.15, -0.1) is 0 Å². The zero-order chi connectivity index (χ0) is 18.1. The van der Waals surface area contributed by atoms with Gasteiger partial charge in [-0.1, -0.05) is 40.0 Å². The first-order valence-corrected chi connectivity index (χ1v) is 8.01. The molecule has 24 heavy (non-hydrogen) atoms. The largest absolute Gasteiger partial charge is 0.301 e. The van der Waals surface area contributed by atoms with Crippen LogP contribution in [0.3, 0.4) is 0 Å². The Morgan fingerprint density at radius 2 is 1.88 bits per heavy atom. The Kier molecular flexibility index (Phi) is 7.81. The summed E-state index contributed by atoms with van der Waals surface area (Å²) in [4.78, 5) is 20.4. The van der Waals surface area contributed by atoms with Crippen LogP contribution in [0.4, 0.5) is 17.1 Å². The normalized spacial score (nSPS) is 12.5. The number of non-ortho nitro benzene ring substituents is 1. The fourth-order valence-corrected chi connectivity index (χ4v) is 2.22. The van der Waals surface area contributed by atoms with E-state index >= 15 is 0 Å². The first kappa shape index (κ1) is 19.5. The smallest absolute Gasteiger partial charge is 0.272 e.